The Morgan fingerprint density at radius 2 is 1.86 bits per heavy atom. The standard InChI is InChI=1S/C29H38BNO5/c1-27(2,3)34-25(32)15-20-17-33-24-14-18(16-31-26(20)24)13-19-11-12-22-21(19)9-8-10-23(22)30-35-28(4,5)29(6,7)36-30/h8-10,14,16,19-20H,11-13,15,17H2,1-7H3/t19-,20?/m0/s1. The number of nitrogens with zero attached hydrogens (tertiary/aromatic N) is 1. The third-order valence-corrected chi connectivity index (χ3v) is 8.02. The zero-order chi connectivity index (χ0) is 25.9. The number of benzene rings is 1. The van der Waals surface area contributed by atoms with E-state index >= 15 is 0 Å². The summed E-state index contributed by atoms with van der Waals surface area (Å²) in [5, 5.41) is 0. The molecule has 0 radical (unpaired) electrons. The van der Waals surface area contributed by atoms with E-state index in [0.717, 1.165) is 41.7 Å². The van der Waals surface area contributed by atoms with Gasteiger partial charge in [0.2, 0.25) is 0 Å². The first-order valence-electron chi connectivity index (χ1n) is 13.1. The van der Waals surface area contributed by atoms with E-state index in [4.69, 9.17) is 23.8 Å². The molecule has 2 aromatic rings. The Hall–Kier alpha value is -2.38. The van der Waals surface area contributed by atoms with Gasteiger partial charge >= 0.3 is 13.1 Å². The summed E-state index contributed by atoms with van der Waals surface area (Å²) in [5.41, 5.74) is 4.73. The van der Waals surface area contributed by atoms with Crippen LogP contribution in [0.3, 0.4) is 0 Å². The highest BCUT2D eigenvalue weighted by Crippen LogP contribution is 2.41. The van der Waals surface area contributed by atoms with Crippen molar-refractivity contribution >= 4 is 18.6 Å². The van der Waals surface area contributed by atoms with Gasteiger partial charge in [-0.3, -0.25) is 9.78 Å². The number of hydrogen-bond acceptors (Lipinski definition) is 6. The minimum atomic E-state index is -0.490. The number of ether oxygens (including phenoxy) is 2. The van der Waals surface area contributed by atoms with Crippen LogP contribution >= 0.6 is 0 Å². The first-order valence-corrected chi connectivity index (χ1v) is 13.1. The molecule has 1 aliphatic carbocycles. The van der Waals surface area contributed by atoms with Gasteiger partial charge in [0.15, 0.2) is 0 Å². The Labute approximate surface area is 215 Å². The molecule has 6 nitrogen and oxygen atoms in total. The van der Waals surface area contributed by atoms with Crippen LogP contribution in [-0.2, 0) is 31.7 Å². The summed E-state index contributed by atoms with van der Waals surface area (Å²) >= 11 is 0. The fourth-order valence-electron chi connectivity index (χ4n) is 5.49. The van der Waals surface area contributed by atoms with Gasteiger partial charge in [0.05, 0.1) is 29.9 Å². The van der Waals surface area contributed by atoms with Crippen molar-refractivity contribution in [2.24, 2.45) is 0 Å². The fraction of sp³-hybridized carbons (Fsp3) is 0.586. The van der Waals surface area contributed by atoms with Gasteiger partial charge in [-0.1, -0.05) is 18.2 Å². The van der Waals surface area contributed by atoms with E-state index in [0.29, 0.717) is 12.5 Å². The van der Waals surface area contributed by atoms with E-state index in [1.165, 1.54) is 11.1 Å². The molecule has 0 bridgehead atoms. The average Bonchev–Trinajstić information content (AvgIpc) is 3.41. The maximum atomic E-state index is 12.3. The van der Waals surface area contributed by atoms with Crippen molar-refractivity contribution in [3.05, 3.63) is 52.8 Å². The van der Waals surface area contributed by atoms with Crippen molar-refractivity contribution in [1.29, 1.82) is 0 Å². The minimum Gasteiger partial charge on any atom is -0.491 e. The molecule has 5 rings (SSSR count). The minimum absolute atomic E-state index is 0.0569. The van der Waals surface area contributed by atoms with E-state index < -0.39 is 5.60 Å². The predicted octanol–water partition coefficient (Wildman–Crippen LogP) is 4.86. The summed E-state index contributed by atoms with van der Waals surface area (Å²) in [6.45, 7) is 14.5. The molecular formula is C29H38BNO5. The number of carbonyl (C=O) groups excluding carboxylic acids is 1. The van der Waals surface area contributed by atoms with Crippen molar-refractivity contribution in [1.82, 2.24) is 4.98 Å². The largest absolute Gasteiger partial charge is 0.495 e. The van der Waals surface area contributed by atoms with Crippen LogP contribution in [0.2, 0.25) is 0 Å². The van der Waals surface area contributed by atoms with E-state index in [2.05, 4.69) is 52.0 Å². The highest BCUT2D eigenvalue weighted by molar-refractivity contribution is 6.62. The second-order valence-electron chi connectivity index (χ2n) is 12.5. The first kappa shape index (κ1) is 25.3. The molecule has 1 unspecified atom stereocenters. The number of rotatable bonds is 5. The third kappa shape index (κ3) is 4.80. The van der Waals surface area contributed by atoms with Crippen LogP contribution < -0.4 is 10.2 Å². The van der Waals surface area contributed by atoms with Gasteiger partial charge in [-0.05, 0) is 102 Å². The van der Waals surface area contributed by atoms with Gasteiger partial charge in [0.1, 0.15) is 11.4 Å². The molecule has 2 aliphatic heterocycles. The van der Waals surface area contributed by atoms with Gasteiger partial charge < -0.3 is 18.8 Å². The van der Waals surface area contributed by atoms with Gasteiger partial charge in [-0.25, -0.2) is 0 Å². The number of fused-ring (bicyclic) bond motifs is 2. The Kier molecular flexibility index (Phi) is 6.23. The normalized spacial score (nSPS) is 23.8. The molecule has 1 aromatic carbocycles. The maximum absolute atomic E-state index is 12.3. The number of aromatic nitrogens is 1. The maximum Gasteiger partial charge on any atom is 0.495 e. The topological polar surface area (TPSA) is 66.9 Å². The second kappa shape index (κ2) is 8.88. The first-order chi connectivity index (χ1) is 16.8. The highest BCUT2D eigenvalue weighted by Gasteiger charge is 2.52. The van der Waals surface area contributed by atoms with E-state index in [9.17, 15) is 4.79 Å². The Morgan fingerprint density at radius 3 is 2.56 bits per heavy atom. The SMILES string of the molecule is CC(C)(C)OC(=O)CC1COc2cc(C[C@@H]3CCc4c(B5OC(C)(C)C(C)(C)O5)cccc43)cnc21. The molecule has 3 aliphatic rings. The number of pyridine rings is 1. The van der Waals surface area contributed by atoms with Gasteiger partial charge in [-0.2, -0.15) is 0 Å². The van der Waals surface area contributed by atoms with Gasteiger partial charge in [0.25, 0.3) is 0 Å². The smallest absolute Gasteiger partial charge is 0.491 e. The molecule has 0 amide bonds. The Balaban J connectivity index is 1.29. The highest BCUT2D eigenvalue weighted by atomic mass is 16.7. The summed E-state index contributed by atoms with van der Waals surface area (Å²) in [5.74, 6) is 0.945. The lowest BCUT2D eigenvalue weighted by molar-refractivity contribution is -0.155. The fourth-order valence-corrected chi connectivity index (χ4v) is 5.49. The van der Waals surface area contributed by atoms with Crippen molar-refractivity contribution in [3.63, 3.8) is 0 Å². The van der Waals surface area contributed by atoms with E-state index in [-0.39, 0.29) is 36.6 Å². The quantitative estimate of drug-likeness (QED) is 0.440. The Morgan fingerprint density at radius 1 is 1.14 bits per heavy atom. The summed E-state index contributed by atoms with van der Waals surface area (Å²) < 4.78 is 24.2. The zero-order valence-corrected chi connectivity index (χ0v) is 22.6. The average molecular weight is 491 g/mol. The number of carbonyl (C=O) groups is 1. The molecular weight excluding hydrogens is 453 g/mol. The molecule has 192 valence electrons. The predicted molar refractivity (Wildman–Crippen MR) is 140 cm³/mol. The Bertz CT molecular complexity index is 1150. The van der Waals surface area contributed by atoms with Crippen LogP contribution in [0.4, 0.5) is 0 Å². The van der Waals surface area contributed by atoms with Crippen LogP contribution in [0.25, 0.3) is 0 Å². The van der Waals surface area contributed by atoms with Crippen LogP contribution in [0.5, 0.6) is 5.75 Å². The van der Waals surface area contributed by atoms with Crippen molar-refractivity contribution < 1.29 is 23.6 Å². The molecule has 0 N–H and O–H groups in total. The lowest BCUT2D eigenvalue weighted by atomic mass is 9.74. The molecule has 1 saturated heterocycles. The van der Waals surface area contributed by atoms with Gasteiger partial charge in [0, 0.05) is 12.1 Å². The summed E-state index contributed by atoms with van der Waals surface area (Å²) in [4.78, 5) is 17.0. The van der Waals surface area contributed by atoms with Crippen molar-refractivity contribution in [2.75, 3.05) is 6.61 Å². The van der Waals surface area contributed by atoms with Crippen molar-refractivity contribution in [3.8, 4) is 5.75 Å². The van der Waals surface area contributed by atoms with Crippen molar-refractivity contribution in [2.45, 2.75) is 103 Å². The lowest BCUT2D eigenvalue weighted by Crippen LogP contribution is -2.41. The molecule has 1 fully saturated rings. The van der Waals surface area contributed by atoms with Gasteiger partial charge in [-0.15, -0.1) is 0 Å². The lowest BCUT2D eigenvalue weighted by Gasteiger charge is -2.32. The monoisotopic (exact) mass is 491 g/mol. The summed E-state index contributed by atoms with van der Waals surface area (Å²) in [6.07, 6.45) is 5.25. The van der Waals surface area contributed by atoms with Crippen LogP contribution in [-0.4, -0.2) is 41.5 Å². The third-order valence-electron chi connectivity index (χ3n) is 8.02. The molecule has 3 heterocycles. The zero-order valence-electron chi connectivity index (χ0n) is 22.6. The summed E-state index contributed by atoms with van der Waals surface area (Å²) in [7, 11) is -0.333. The number of hydrogen-bond donors (Lipinski definition) is 0. The molecule has 7 heteroatoms. The van der Waals surface area contributed by atoms with Crippen LogP contribution in [0, 0.1) is 0 Å². The molecule has 2 atom stereocenters. The van der Waals surface area contributed by atoms with Crippen LogP contribution in [0.1, 0.15) is 95.5 Å². The molecule has 1 aromatic heterocycles. The summed E-state index contributed by atoms with van der Waals surface area (Å²) in [6, 6.07) is 8.63. The molecule has 36 heavy (non-hydrogen) atoms. The molecule has 0 spiro atoms. The van der Waals surface area contributed by atoms with E-state index in [1.807, 2.05) is 27.0 Å². The number of esters is 1. The van der Waals surface area contributed by atoms with E-state index in [1.54, 1.807) is 0 Å². The second-order valence-corrected chi connectivity index (χ2v) is 12.5. The van der Waals surface area contributed by atoms with Crippen LogP contribution in [0.15, 0.2) is 30.5 Å². The molecule has 0 saturated carbocycles.